The molecule has 0 amide bonds. The lowest BCUT2D eigenvalue weighted by molar-refractivity contribution is 0.104. The predicted molar refractivity (Wildman–Crippen MR) is 118 cm³/mol. The molecule has 5 rings (SSSR count). The first kappa shape index (κ1) is 20.2. The maximum atomic E-state index is 12.8. The second-order valence-electron chi connectivity index (χ2n) is 7.79. The number of anilines is 1. The van der Waals surface area contributed by atoms with Crippen molar-refractivity contribution in [1.82, 2.24) is 24.8 Å². The number of nitrogens with zero attached hydrogens (tertiary/aromatic N) is 6. The Bertz CT molecular complexity index is 1150. The molecule has 0 saturated carbocycles. The van der Waals surface area contributed by atoms with Crippen LogP contribution in [0, 0.1) is 0 Å². The first-order valence-corrected chi connectivity index (χ1v) is 10.7. The van der Waals surface area contributed by atoms with Crippen molar-refractivity contribution in [2.45, 2.75) is 0 Å². The quantitative estimate of drug-likeness (QED) is 0.342. The fraction of sp³-hybridized carbons (Fsp3) is 0.429. The number of carbonyl (C=O) groups is 1. The van der Waals surface area contributed by atoms with Gasteiger partial charge in [0.1, 0.15) is 5.52 Å². The summed E-state index contributed by atoms with van der Waals surface area (Å²) in [6.07, 6.45) is 4.99. The molecule has 0 N–H and O–H groups in total. The van der Waals surface area contributed by atoms with E-state index >= 15 is 0 Å². The molecular weight excluding hydrogens is 420 g/mol. The Kier molecular flexibility index (Phi) is 5.47. The van der Waals surface area contributed by atoms with E-state index in [2.05, 4.69) is 36.7 Å². The van der Waals surface area contributed by atoms with Gasteiger partial charge in [0.05, 0.1) is 18.6 Å². The van der Waals surface area contributed by atoms with Crippen molar-refractivity contribution in [3.63, 3.8) is 0 Å². The van der Waals surface area contributed by atoms with Crippen LogP contribution >= 0.6 is 11.6 Å². The van der Waals surface area contributed by atoms with Crippen molar-refractivity contribution in [3.8, 4) is 0 Å². The first-order valence-electron chi connectivity index (χ1n) is 10.3. The number of hydrogen-bond donors (Lipinski definition) is 0. The summed E-state index contributed by atoms with van der Waals surface area (Å²) in [4.78, 5) is 32.4. The number of likely N-dealkylation sites (N-methyl/N-ethyl adjacent to an activating group) is 1. The van der Waals surface area contributed by atoms with Gasteiger partial charge in [0, 0.05) is 63.3 Å². The molecular formula is C21H23ClN6O3. The van der Waals surface area contributed by atoms with Gasteiger partial charge >= 0.3 is 0 Å². The zero-order chi connectivity index (χ0) is 21.4. The molecule has 2 fully saturated rings. The number of ketones is 1. The molecule has 0 bridgehead atoms. The Hall–Kier alpha value is -2.75. The van der Waals surface area contributed by atoms with Crippen LogP contribution in [0.25, 0.3) is 22.2 Å². The van der Waals surface area contributed by atoms with E-state index in [1.165, 1.54) is 6.20 Å². The zero-order valence-electron chi connectivity index (χ0n) is 17.3. The van der Waals surface area contributed by atoms with Gasteiger partial charge in [-0.05, 0) is 24.7 Å². The van der Waals surface area contributed by atoms with Crippen molar-refractivity contribution in [2.75, 3.05) is 64.4 Å². The average molecular weight is 443 g/mol. The van der Waals surface area contributed by atoms with Crippen LogP contribution in [0.3, 0.4) is 0 Å². The Morgan fingerprint density at radius 1 is 1.13 bits per heavy atom. The smallest absolute Gasteiger partial charge is 0.229 e. The van der Waals surface area contributed by atoms with Crippen LogP contribution in [0.2, 0.25) is 5.28 Å². The summed E-state index contributed by atoms with van der Waals surface area (Å²) in [6, 6.07) is 1.76. The standard InChI is InChI=1S/C21H23ClN6O3/c1-26-4-6-27(7-5-26)3-2-16(29)14-12-15-17-18(31-20(15)23-13-14)19(25-21(22)24-17)28-8-10-30-11-9-28/h2-3,12-13H,4-11H2,1H3/b3-2+. The minimum Gasteiger partial charge on any atom is -0.432 e. The van der Waals surface area contributed by atoms with Crippen molar-refractivity contribution in [1.29, 1.82) is 0 Å². The van der Waals surface area contributed by atoms with Gasteiger partial charge in [-0.25, -0.2) is 9.97 Å². The lowest BCUT2D eigenvalue weighted by Crippen LogP contribution is -2.41. The van der Waals surface area contributed by atoms with Crippen molar-refractivity contribution in [2.24, 2.45) is 0 Å². The summed E-state index contributed by atoms with van der Waals surface area (Å²) in [7, 11) is 2.10. The van der Waals surface area contributed by atoms with Gasteiger partial charge in [-0.3, -0.25) is 4.79 Å². The van der Waals surface area contributed by atoms with Crippen LogP contribution in [-0.4, -0.2) is 90.1 Å². The Morgan fingerprint density at radius 2 is 1.90 bits per heavy atom. The highest BCUT2D eigenvalue weighted by Gasteiger charge is 2.22. The number of halogens is 1. The third-order valence-electron chi connectivity index (χ3n) is 5.70. The molecule has 3 aromatic rings. The molecule has 0 unspecified atom stereocenters. The summed E-state index contributed by atoms with van der Waals surface area (Å²) in [5.74, 6) is 0.510. The van der Waals surface area contributed by atoms with Gasteiger partial charge in [0.15, 0.2) is 17.2 Å². The largest absolute Gasteiger partial charge is 0.432 e. The minimum absolute atomic E-state index is 0.115. The lowest BCUT2D eigenvalue weighted by Gasteiger charge is -2.31. The Labute approximate surface area is 184 Å². The summed E-state index contributed by atoms with van der Waals surface area (Å²) < 4.78 is 11.4. The third-order valence-corrected chi connectivity index (χ3v) is 5.86. The number of furan rings is 1. The highest BCUT2D eigenvalue weighted by atomic mass is 35.5. The third kappa shape index (κ3) is 4.08. The van der Waals surface area contributed by atoms with E-state index in [0.717, 1.165) is 26.2 Å². The van der Waals surface area contributed by atoms with Crippen molar-refractivity contribution >= 4 is 45.4 Å². The molecule has 9 nitrogen and oxygen atoms in total. The summed E-state index contributed by atoms with van der Waals surface area (Å²) in [5.41, 5.74) is 1.96. The van der Waals surface area contributed by atoms with Crippen LogP contribution in [0.5, 0.6) is 0 Å². The topological polar surface area (TPSA) is 87.8 Å². The van der Waals surface area contributed by atoms with Crippen molar-refractivity contribution in [3.05, 3.63) is 35.4 Å². The van der Waals surface area contributed by atoms with E-state index < -0.39 is 0 Å². The monoisotopic (exact) mass is 442 g/mol. The van der Waals surface area contributed by atoms with Crippen LogP contribution in [-0.2, 0) is 4.74 Å². The number of ether oxygens (including phenoxy) is 1. The van der Waals surface area contributed by atoms with E-state index in [9.17, 15) is 4.79 Å². The molecule has 31 heavy (non-hydrogen) atoms. The molecule has 2 aliphatic heterocycles. The molecule has 0 aliphatic carbocycles. The fourth-order valence-corrected chi connectivity index (χ4v) is 4.02. The van der Waals surface area contributed by atoms with Gasteiger partial charge in [0.2, 0.25) is 11.0 Å². The Morgan fingerprint density at radius 3 is 2.68 bits per heavy atom. The number of piperazine rings is 1. The van der Waals surface area contributed by atoms with Gasteiger partial charge in [-0.2, -0.15) is 4.98 Å². The predicted octanol–water partition coefficient (Wildman–Crippen LogP) is 2.20. The number of hydrogen-bond acceptors (Lipinski definition) is 9. The van der Waals surface area contributed by atoms with Gasteiger partial charge < -0.3 is 23.9 Å². The molecule has 5 heterocycles. The highest BCUT2D eigenvalue weighted by Crippen LogP contribution is 2.33. The van der Waals surface area contributed by atoms with Crippen LogP contribution in [0.1, 0.15) is 10.4 Å². The summed E-state index contributed by atoms with van der Waals surface area (Å²) >= 11 is 6.22. The minimum atomic E-state index is -0.115. The number of carbonyl (C=O) groups excluding carboxylic acids is 1. The molecule has 10 heteroatoms. The fourth-order valence-electron chi connectivity index (χ4n) is 3.85. The molecule has 0 spiro atoms. The molecule has 3 aromatic heterocycles. The molecule has 2 saturated heterocycles. The summed E-state index contributed by atoms with van der Waals surface area (Å²) in [5, 5.41) is 0.774. The molecule has 0 radical (unpaired) electrons. The van der Waals surface area contributed by atoms with E-state index in [0.29, 0.717) is 59.9 Å². The van der Waals surface area contributed by atoms with Gasteiger partial charge in [0.25, 0.3) is 0 Å². The second kappa shape index (κ2) is 8.41. The molecule has 0 atom stereocenters. The van der Waals surface area contributed by atoms with Crippen LogP contribution in [0.15, 0.2) is 29.0 Å². The van der Waals surface area contributed by atoms with Crippen LogP contribution in [0.4, 0.5) is 5.82 Å². The number of allylic oxidation sites excluding steroid dienone is 1. The molecule has 162 valence electrons. The normalized spacial score (nSPS) is 18.5. The first-order chi connectivity index (χ1) is 15.1. The molecule has 0 aromatic carbocycles. The van der Waals surface area contributed by atoms with Gasteiger partial charge in [-0.15, -0.1) is 0 Å². The van der Waals surface area contributed by atoms with E-state index in [4.69, 9.17) is 20.8 Å². The summed E-state index contributed by atoms with van der Waals surface area (Å²) in [6.45, 7) is 6.38. The second-order valence-corrected chi connectivity index (χ2v) is 8.13. The number of aromatic nitrogens is 3. The Balaban J connectivity index is 1.47. The zero-order valence-corrected chi connectivity index (χ0v) is 18.0. The van der Waals surface area contributed by atoms with Crippen LogP contribution < -0.4 is 4.90 Å². The number of rotatable bonds is 4. The molecule has 2 aliphatic rings. The maximum Gasteiger partial charge on any atom is 0.229 e. The highest BCUT2D eigenvalue weighted by molar-refractivity contribution is 6.29. The SMILES string of the molecule is CN1CCN(/C=C/C(=O)c2cnc3oc4c(N5CCOCC5)nc(Cl)nc4c3c2)CC1. The van der Waals surface area contributed by atoms with E-state index in [-0.39, 0.29) is 11.1 Å². The lowest BCUT2D eigenvalue weighted by atomic mass is 10.1. The number of fused-ring (bicyclic) bond motifs is 3. The maximum absolute atomic E-state index is 12.8. The number of morpholine rings is 1. The number of pyridine rings is 1. The van der Waals surface area contributed by atoms with E-state index in [1.54, 1.807) is 12.1 Å². The average Bonchev–Trinajstić information content (AvgIpc) is 3.16. The van der Waals surface area contributed by atoms with Gasteiger partial charge in [-0.1, -0.05) is 0 Å². The van der Waals surface area contributed by atoms with Crippen molar-refractivity contribution < 1.29 is 13.9 Å². The van der Waals surface area contributed by atoms with E-state index in [1.807, 2.05) is 6.20 Å².